The van der Waals surface area contributed by atoms with Gasteiger partial charge in [-0.3, -0.25) is 0 Å². The number of rotatable bonds is 5. The van der Waals surface area contributed by atoms with E-state index < -0.39 is 8.11 Å². The Morgan fingerprint density at radius 3 is 1.50 bits per heavy atom. The van der Waals surface area contributed by atoms with Gasteiger partial charge in [-0.2, -0.15) is 0 Å². The van der Waals surface area contributed by atoms with Crippen LogP contribution in [0.1, 0.15) is 64.2 Å². The van der Waals surface area contributed by atoms with Crippen LogP contribution in [-0.4, -0.2) is 27.4 Å². The van der Waals surface area contributed by atoms with Gasteiger partial charge in [0, 0.05) is 7.11 Å². The summed E-state index contributed by atoms with van der Waals surface area (Å²) in [6.07, 6.45) is 12.4. The van der Waals surface area contributed by atoms with Crippen molar-refractivity contribution >= 4 is 19.2 Å². The Balaban J connectivity index is 1.83. The number of hydrogen-bond acceptors (Lipinski definition) is 3. The Labute approximate surface area is 116 Å². The van der Waals surface area contributed by atoms with Gasteiger partial charge in [0.2, 0.25) is 0 Å². The van der Waals surface area contributed by atoms with Crippen LogP contribution < -0.4 is 0 Å². The second-order valence-corrected chi connectivity index (χ2v) is 8.67. The lowest BCUT2D eigenvalue weighted by atomic mass is 9.98. The summed E-state index contributed by atoms with van der Waals surface area (Å²) in [6.45, 7) is 0. The van der Waals surface area contributed by atoms with Crippen LogP contribution in [0.25, 0.3) is 0 Å². The maximum Gasteiger partial charge on any atom is 0.613 e. The van der Waals surface area contributed by atoms with E-state index in [1.807, 2.05) is 0 Å². The van der Waals surface area contributed by atoms with Crippen LogP contribution in [0.3, 0.4) is 0 Å². The molecule has 0 radical (unpaired) electrons. The van der Waals surface area contributed by atoms with Gasteiger partial charge in [-0.1, -0.05) is 49.6 Å². The fourth-order valence-corrected chi connectivity index (χ4v) is 5.16. The summed E-state index contributed by atoms with van der Waals surface area (Å²) >= 11 is 6.46. The second-order valence-electron chi connectivity index (χ2n) is 5.44. The highest BCUT2D eigenvalue weighted by atomic mass is 35.6. The first-order valence-corrected chi connectivity index (χ1v) is 10.1. The molecule has 0 saturated heterocycles. The minimum atomic E-state index is -2.93. The van der Waals surface area contributed by atoms with E-state index in [1.54, 1.807) is 7.11 Å². The smallest absolute Gasteiger partial charge is 0.365 e. The molecule has 0 amide bonds. The maximum absolute atomic E-state index is 6.46. The predicted molar refractivity (Wildman–Crippen MR) is 74.5 cm³/mol. The third kappa shape index (κ3) is 4.49. The fraction of sp³-hybridized carbons (Fsp3) is 1.00. The van der Waals surface area contributed by atoms with Gasteiger partial charge in [-0.15, -0.1) is 0 Å². The molecular weight excluding hydrogens is 268 g/mol. The monoisotopic (exact) mass is 292 g/mol. The van der Waals surface area contributed by atoms with Crippen LogP contribution in [0.5, 0.6) is 0 Å². The van der Waals surface area contributed by atoms with Crippen LogP contribution in [0.2, 0.25) is 0 Å². The van der Waals surface area contributed by atoms with Crippen LogP contribution in [0, 0.1) is 0 Å². The summed E-state index contributed by atoms with van der Waals surface area (Å²) < 4.78 is 17.4. The largest absolute Gasteiger partial charge is 0.613 e. The van der Waals surface area contributed by atoms with Crippen molar-refractivity contribution in [3.8, 4) is 0 Å². The SMILES string of the molecule is CO[Si](Cl)(OC1CCCCC1)OC1CCCCC1. The molecule has 0 heterocycles. The van der Waals surface area contributed by atoms with Gasteiger partial charge in [-0.25, -0.2) is 0 Å². The Hall–Kier alpha value is 0.387. The summed E-state index contributed by atoms with van der Waals surface area (Å²) in [7, 11) is -1.31. The van der Waals surface area contributed by atoms with E-state index >= 15 is 0 Å². The highest BCUT2D eigenvalue weighted by molar-refractivity contribution is 7.09. The molecule has 2 fully saturated rings. The van der Waals surface area contributed by atoms with Crippen molar-refractivity contribution in [1.29, 1.82) is 0 Å². The molecule has 2 aliphatic rings. The van der Waals surface area contributed by atoms with Crippen molar-refractivity contribution in [2.75, 3.05) is 7.11 Å². The Kier molecular flexibility index (Phi) is 5.95. The number of halogens is 1. The molecule has 0 unspecified atom stereocenters. The van der Waals surface area contributed by atoms with Gasteiger partial charge in [-0.05, 0) is 25.7 Å². The average molecular weight is 293 g/mol. The molecule has 18 heavy (non-hydrogen) atoms. The quantitative estimate of drug-likeness (QED) is 0.566. The first-order valence-electron chi connectivity index (χ1n) is 7.31. The molecule has 2 aliphatic carbocycles. The maximum atomic E-state index is 6.46. The average Bonchev–Trinajstić information content (AvgIpc) is 2.41. The van der Waals surface area contributed by atoms with Crippen LogP contribution in [0.4, 0.5) is 0 Å². The molecular formula is C13H25ClO3Si. The lowest BCUT2D eigenvalue weighted by molar-refractivity contribution is 0.00944. The summed E-state index contributed by atoms with van der Waals surface area (Å²) in [4.78, 5) is 0. The predicted octanol–water partition coefficient (Wildman–Crippen LogP) is 4.01. The molecule has 3 nitrogen and oxygen atoms in total. The summed E-state index contributed by atoms with van der Waals surface area (Å²) in [5.41, 5.74) is 0. The third-order valence-corrected chi connectivity index (χ3v) is 6.68. The van der Waals surface area contributed by atoms with Gasteiger partial charge in [0.15, 0.2) is 0 Å². The van der Waals surface area contributed by atoms with Crippen LogP contribution in [-0.2, 0) is 13.3 Å². The van der Waals surface area contributed by atoms with Gasteiger partial charge in [0.1, 0.15) is 0 Å². The molecule has 0 aromatic heterocycles. The van der Waals surface area contributed by atoms with E-state index in [0.717, 1.165) is 25.7 Å². The molecule has 0 aromatic carbocycles. The summed E-state index contributed by atoms with van der Waals surface area (Å²) in [5, 5.41) is 0. The van der Waals surface area contributed by atoms with Gasteiger partial charge in [0.05, 0.1) is 12.2 Å². The number of hydrogen-bond donors (Lipinski definition) is 0. The van der Waals surface area contributed by atoms with Gasteiger partial charge in [0.25, 0.3) is 0 Å². The van der Waals surface area contributed by atoms with Crippen molar-refractivity contribution in [3.63, 3.8) is 0 Å². The lowest BCUT2D eigenvalue weighted by Gasteiger charge is -2.33. The van der Waals surface area contributed by atoms with E-state index in [9.17, 15) is 0 Å². The highest BCUT2D eigenvalue weighted by Gasteiger charge is 2.44. The molecule has 0 atom stereocenters. The fourth-order valence-electron chi connectivity index (χ4n) is 2.89. The van der Waals surface area contributed by atoms with Crippen molar-refractivity contribution in [1.82, 2.24) is 0 Å². The minimum Gasteiger partial charge on any atom is -0.365 e. The van der Waals surface area contributed by atoms with Gasteiger partial charge >= 0.3 is 8.11 Å². The van der Waals surface area contributed by atoms with E-state index in [1.165, 1.54) is 38.5 Å². The Morgan fingerprint density at radius 2 is 1.17 bits per heavy atom. The van der Waals surface area contributed by atoms with Crippen molar-refractivity contribution in [2.24, 2.45) is 0 Å². The molecule has 2 rings (SSSR count). The molecule has 0 bridgehead atoms. The van der Waals surface area contributed by atoms with E-state index in [4.69, 9.17) is 24.4 Å². The second kappa shape index (κ2) is 7.24. The topological polar surface area (TPSA) is 27.7 Å². The summed E-state index contributed by atoms with van der Waals surface area (Å²) in [6, 6.07) is 0. The van der Waals surface area contributed by atoms with Crippen molar-refractivity contribution in [2.45, 2.75) is 76.4 Å². The highest BCUT2D eigenvalue weighted by Crippen LogP contribution is 2.30. The molecule has 5 heteroatoms. The van der Waals surface area contributed by atoms with Gasteiger partial charge < -0.3 is 13.3 Å². The Morgan fingerprint density at radius 1 is 0.778 bits per heavy atom. The van der Waals surface area contributed by atoms with E-state index in [2.05, 4.69) is 0 Å². The molecule has 106 valence electrons. The first kappa shape index (κ1) is 14.8. The molecule has 2 saturated carbocycles. The molecule has 0 aromatic rings. The van der Waals surface area contributed by atoms with Crippen LogP contribution in [0.15, 0.2) is 0 Å². The zero-order valence-corrected chi connectivity index (χ0v) is 13.1. The van der Waals surface area contributed by atoms with E-state index in [-0.39, 0.29) is 12.2 Å². The van der Waals surface area contributed by atoms with E-state index in [0.29, 0.717) is 0 Å². The molecule has 0 spiro atoms. The van der Waals surface area contributed by atoms with Crippen LogP contribution >= 0.6 is 11.1 Å². The molecule has 0 N–H and O–H groups in total. The first-order chi connectivity index (χ1) is 8.72. The van der Waals surface area contributed by atoms with Crippen molar-refractivity contribution < 1.29 is 13.3 Å². The zero-order chi connectivity index (χ0) is 12.8. The Bertz CT molecular complexity index is 220. The zero-order valence-electron chi connectivity index (χ0n) is 11.3. The normalized spacial score (nSPS) is 24.3. The minimum absolute atomic E-state index is 0.242. The standard InChI is InChI=1S/C13H25ClO3Si/c1-15-18(14,16-12-8-4-2-5-9-12)17-13-10-6-3-7-11-13/h12-13H,2-11H2,1H3. The lowest BCUT2D eigenvalue weighted by Crippen LogP contribution is -2.46. The third-order valence-electron chi connectivity index (χ3n) is 3.96. The summed E-state index contributed by atoms with van der Waals surface area (Å²) in [5.74, 6) is 0. The molecule has 0 aliphatic heterocycles. The van der Waals surface area contributed by atoms with Crippen molar-refractivity contribution in [3.05, 3.63) is 0 Å².